The third-order valence-corrected chi connectivity index (χ3v) is 4.35. The zero-order valence-electron chi connectivity index (χ0n) is 13.5. The lowest BCUT2D eigenvalue weighted by atomic mass is 10.1. The molecule has 1 N–H and O–H groups in total. The van der Waals surface area contributed by atoms with Gasteiger partial charge in [0.2, 0.25) is 5.91 Å². The van der Waals surface area contributed by atoms with Gasteiger partial charge in [-0.15, -0.1) is 0 Å². The molecule has 0 saturated carbocycles. The summed E-state index contributed by atoms with van der Waals surface area (Å²) in [5.41, 5.74) is 1.54. The van der Waals surface area contributed by atoms with E-state index in [-0.39, 0.29) is 18.1 Å². The highest BCUT2D eigenvalue weighted by Crippen LogP contribution is 2.31. The predicted octanol–water partition coefficient (Wildman–Crippen LogP) is 2.70. The van der Waals surface area contributed by atoms with Crippen molar-refractivity contribution < 1.29 is 14.3 Å². The molecule has 0 radical (unpaired) electrons. The lowest BCUT2D eigenvalue weighted by Gasteiger charge is -2.34. The molecule has 0 bridgehead atoms. The molecule has 6 heteroatoms. The molecule has 122 valence electrons. The van der Waals surface area contributed by atoms with Gasteiger partial charge in [0.1, 0.15) is 5.75 Å². The zero-order chi connectivity index (χ0) is 16.3. The minimum absolute atomic E-state index is 0.0610. The summed E-state index contributed by atoms with van der Waals surface area (Å²) < 4.78 is 10.8. The fraction of sp³-hybridized carbons (Fsp3) is 0.562. The number of halogens is 1. The Kier molecular flexibility index (Phi) is 5.67. The topological polar surface area (TPSA) is 50.8 Å². The first-order chi connectivity index (χ1) is 10.4. The Morgan fingerprint density at radius 1 is 1.55 bits per heavy atom. The van der Waals surface area contributed by atoms with Gasteiger partial charge >= 0.3 is 0 Å². The predicted molar refractivity (Wildman–Crippen MR) is 87.8 cm³/mol. The van der Waals surface area contributed by atoms with Crippen LogP contribution in [0.2, 0.25) is 5.02 Å². The molecule has 1 amide bonds. The van der Waals surface area contributed by atoms with Gasteiger partial charge in [0.05, 0.1) is 31.5 Å². The van der Waals surface area contributed by atoms with Crippen LogP contribution in [0, 0.1) is 6.92 Å². The summed E-state index contributed by atoms with van der Waals surface area (Å²) in [4.78, 5) is 14.6. The van der Waals surface area contributed by atoms with Crippen LogP contribution < -0.4 is 10.1 Å². The fourth-order valence-electron chi connectivity index (χ4n) is 2.53. The summed E-state index contributed by atoms with van der Waals surface area (Å²) >= 11 is 6.09. The number of ether oxygens (including phenoxy) is 2. The van der Waals surface area contributed by atoms with E-state index in [1.807, 2.05) is 26.8 Å². The molecule has 0 aromatic heterocycles. The lowest BCUT2D eigenvalue weighted by molar-refractivity contribution is -0.123. The second-order valence-electron chi connectivity index (χ2n) is 5.64. The van der Waals surface area contributed by atoms with Gasteiger partial charge in [-0.25, -0.2) is 0 Å². The molecular weight excluding hydrogens is 304 g/mol. The molecule has 5 nitrogen and oxygen atoms in total. The van der Waals surface area contributed by atoms with Crippen LogP contribution in [0.15, 0.2) is 12.1 Å². The molecule has 1 aromatic rings. The second-order valence-corrected chi connectivity index (χ2v) is 6.05. The van der Waals surface area contributed by atoms with E-state index in [0.717, 1.165) is 18.7 Å². The lowest BCUT2D eigenvalue weighted by Crippen LogP contribution is -2.50. The number of aryl methyl sites for hydroxylation is 1. The third kappa shape index (κ3) is 3.91. The van der Waals surface area contributed by atoms with E-state index in [9.17, 15) is 4.79 Å². The molecule has 1 aromatic carbocycles. The van der Waals surface area contributed by atoms with Crippen LogP contribution in [0.5, 0.6) is 5.75 Å². The van der Waals surface area contributed by atoms with Gasteiger partial charge in [-0.05, 0) is 32.4 Å². The van der Waals surface area contributed by atoms with E-state index in [0.29, 0.717) is 23.1 Å². The Morgan fingerprint density at radius 2 is 2.27 bits per heavy atom. The van der Waals surface area contributed by atoms with Crippen LogP contribution >= 0.6 is 11.6 Å². The van der Waals surface area contributed by atoms with Gasteiger partial charge < -0.3 is 14.8 Å². The van der Waals surface area contributed by atoms with Crippen molar-refractivity contribution in [2.45, 2.75) is 32.9 Å². The van der Waals surface area contributed by atoms with Crippen LogP contribution in [0.25, 0.3) is 0 Å². The van der Waals surface area contributed by atoms with Crippen molar-refractivity contribution in [1.29, 1.82) is 0 Å². The minimum Gasteiger partial charge on any atom is -0.495 e. The number of hydrogen-bond donors (Lipinski definition) is 1. The Balaban J connectivity index is 2.09. The van der Waals surface area contributed by atoms with E-state index in [1.54, 1.807) is 13.2 Å². The Bertz CT molecular complexity index is 550. The molecule has 2 rings (SSSR count). The van der Waals surface area contributed by atoms with Gasteiger partial charge in [0, 0.05) is 24.2 Å². The summed E-state index contributed by atoms with van der Waals surface area (Å²) in [5.74, 6) is 0.501. The number of amides is 1. The summed E-state index contributed by atoms with van der Waals surface area (Å²) in [6.45, 7) is 7.98. The summed E-state index contributed by atoms with van der Waals surface area (Å²) in [5, 5.41) is 3.55. The highest BCUT2D eigenvalue weighted by atomic mass is 35.5. The maximum absolute atomic E-state index is 12.5. The first-order valence-electron chi connectivity index (χ1n) is 7.43. The van der Waals surface area contributed by atoms with E-state index in [2.05, 4.69) is 10.2 Å². The van der Waals surface area contributed by atoms with Gasteiger partial charge in [0.25, 0.3) is 0 Å². The average Bonchev–Trinajstić information content (AvgIpc) is 2.49. The summed E-state index contributed by atoms with van der Waals surface area (Å²) in [6, 6.07) is 3.31. The quantitative estimate of drug-likeness (QED) is 0.924. The summed E-state index contributed by atoms with van der Waals surface area (Å²) in [7, 11) is 1.56. The van der Waals surface area contributed by atoms with Crippen molar-refractivity contribution in [1.82, 2.24) is 4.90 Å². The SMILES string of the molecule is COc1cc(Cl)c(C)cc1NC(=O)C(C)N1CCOC(C)C1. The van der Waals surface area contributed by atoms with E-state index in [4.69, 9.17) is 21.1 Å². The maximum atomic E-state index is 12.5. The molecule has 1 fully saturated rings. The van der Waals surface area contributed by atoms with E-state index >= 15 is 0 Å². The fourth-order valence-corrected chi connectivity index (χ4v) is 2.68. The van der Waals surface area contributed by atoms with Gasteiger partial charge in [-0.2, -0.15) is 0 Å². The van der Waals surface area contributed by atoms with Crippen molar-refractivity contribution in [2.24, 2.45) is 0 Å². The maximum Gasteiger partial charge on any atom is 0.241 e. The van der Waals surface area contributed by atoms with Crippen LogP contribution in [0.4, 0.5) is 5.69 Å². The van der Waals surface area contributed by atoms with Crippen molar-refractivity contribution in [3.8, 4) is 5.75 Å². The number of anilines is 1. The number of carbonyl (C=O) groups excluding carboxylic acids is 1. The Hall–Kier alpha value is -1.30. The van der Waals surface area contributed by atoms with Gasteiger partial charge in [-0.1, -0.05) is 11.6 Å². The number of nitrogens with one attached hydrogen (secondary N) is 1. The van der Waals surface area contributed by atoms with E-state index in [1.165, 1.54) is 0 Å². The molecular formula is C16H23ClN2O3. The third-order valence-electron chi connectivity index (χ3n) is 3.94. The number of nitrogens with zero attached hydrogens (tertiary/aromatic N) is 1. The van der Waals surface area contributed by atoms with Crippen LogP contribution in [0.3, 0.4) is 0 Å². The summed E-state index contributed by atoms with van der Waals surface area (Å²) in [6.07, 6.45) is 0.149. The normalized spacial score (nSPS) is 20.5. The molecule has 2 unspecified atom stereocenters. The molecule has 1 heterocycles. The molecule has 1 aliphatic rings. The molecule has 1 saturated heterocycles. The minimum atomic E-state index is -0.230. The van der Waals surface area contributed by atoms with Crippen LogP contribution in [0.1, 0.15) is 19.4 Å². The van der Waals surface area contributed by atoms with Crippen molar-refractivity contribution in [3.05, 3.63) is 22.7 Å². The average molecular weight is 327 g/mol. The number of hydrogen-bond acceptors (Lipinski definition) is 4. The molecule has 0 aliphatic carbocycles. The van der Waals surface area contributed by atoms with Crippen molar-refractivity contribution in [2.75, 3.05) is 32.1 Å². The number of morpholine rings is 1. The monoisotopic (exact) mass is 326 g/mol. The number of rotatable bonds is 4. The first-order valence-corrected chi connectivity index (χ1v) is 7.80. The van der Waals surface area contributed by atoms with Gasteiger partial charge in [0.15, 0.2) is 0 Å². The zero-order valence-corrected chi connectivity index (χ0v) is 14.2. The first kappa shape index (κ1) is 17.1. The molecule has 0 spiro atoms. The number of carbonyl (C=O) groups is 1. The smallest absolute Gasteiger partial charge is 0.241 e. The van der Waals surface area contributed by atoms with E-state index < -0.39 is 0 Å². The second kappa shape index (κ2) is 7.31. The van der Waals surface area contributed by atoms with Crippen molar-refractivity contribution in [3.63, 3.8) is 0 Å². The molecule has 1 aliphatic heterocycles. The largest absolute Gasteiger partial charge is 0.495 e. The van der Waals surface area contributed by atoms with Crippen LogP contribution in [-0.4, -0.2) is 49.8 Å². The highest BCUT2D eigenvalue weighted by Gasteiger charge is 2.26. The Labute approximate surface area is 136 Å². The number of benzene rings is 1. The standard InChI is InChI=1S/C16H23ClN2O3/c1-10-7-14(15(21-4)8-13(10)17)18-16(20)12(3)19-5-6-22-11(2)9-19/h7-8,11-12H,5-6,9H2,1-4H3,(H,18,20). The Morgan fingerprint density at radius 3 is 2.91 bits per heavy atom. The van der Waals surface area contributed by atoms with Crippen LogP contribution in [-0.2, 0) is 9.53 Å². The molecule has 2 atom stereocenters. The van der Waals surface area contributed by atoms with Gasteiger partial charge in [-0.3, -0.25) is 9.69 Å². The number of methoxy groups -OCH3 is 1. The van der Waals surface area contributed by atoms with Crippen molar-refractivity contribution >= 4 is 23.2 Å². The highest BCUT2D eigenvalue weighted by molar-refractivity contribution is 6.31. The molecule has 22 heavy (non-hydrogen) atoms.